The predicted molar refractivity (Wildman–Crippen MR) is 76.6 cm³/mol. The van der Waals surface area contributed by atoms with Gasteiger partial charge in [0.1, 0.15) is 5.82 Å². The van der Waals surface area contributed by atoms with Crippen LogP contribution in [0.25, 0.3) is 0 Å². The van der Waals surface area contributed by atoms with Gasteiger partial charge in [0.25, 0.3) is 0 Å². The molecular weight excluding hydrogens is 353 g/mol. The van der Waals surface area contributed by atoms with Crippen LogP contribution in [0.15, 0.2) is 27.6 Å². The quantitative estimate of drug-likeness (QED) is 0.675. The fourth-order valence-electron chi connectivity index (χ4n) is 1.40. The monoisotopic (exact) mass is 369 g/mol. The maximum atomic E-state index is 12.9. The highest BCUT2D eigenvalue weighted by Crippen LogP contribution is 2.22. The summed E-state index contributed by atoms with van der Waals surface area (Å²) in [5.74, 6) is -0.498. The number of benzene rings is 1. The van der Waals surface area contributed by atoms with E-state index < -0.39 is 15.8 Å². The Hall–Kier alpha value is -0.540. The van der Waals surface area contributed by atoms with Crippen molar-refractivity contribution >= 4 is 26.0 Å². The van der Waals surface area contributed by atoms with Crippen LogP contribution in [-0.2, 0) is 19.5 Å². The molecule has 0 amide bonds. The molecule has 0 aliphatic carbocycles. The van der Waals surface area contributed by atoms with Crippen LogP contribution in [0.3, 0.4) is 0 Å². The third kappa shape index (κ3) is 5.84. The summed E-state index contributed by atoms with van der Waals surface area (Å²) in [6.07, 6.45) is 0.543. The van der Waals surface area contributed by atoms with Crippen molar-refractivity contribution in [3.63, 3.8) is 0 Å². The highest BCUT2D eigenvalue weighted by Gasteiger charge is 2.17. The van der Waals surface area contributed by atoms with Gasteiger partial charge in [-0.1, -0.05) is 0 Å². The van der Waals surface area contributed by atoms with Crippen molar-refractivity contribution in [3.8, 4) is 0 Å². The van der Waals surface area contributed by atoms with E-state index in [0.29, 0.717) is 26.2 Å². The minimum Gasteiger partial charge on any atom is -0.382 e. The third-order valence-electron chi connectivity index (χ3n) is 2.37. The van der Waals surface area contributed by atoms with E-state index in [1.165, 1.54) is 6.07 Å². The number of hydrogen-bond donors (Lipinski definition) is 1. The lowest BCUT2D eigenvalue weighted by Gasteiger charge is -2.08. The third-order valence-corrected chi connectivity index (χ3v) is 4.81. The maximum absolute atomic E-state index is 12.9. The van der Waals surface area contributed by atoms with Crippen molar-refractivity contribution in [2.75, 3.05) is 33.5 Å². The molecule has 0 unspecified atom stereocenters. The summed E-state index contributed by atoms with van der Waals surface area (Å²) in [7, 11) is -2.07. The van der Waals surface area contributed by atoms with E-state index >= 15 is 0 Å². The Morgan fingerprint density at radius 3 is 2.70 bits per heavy atom. The molecule has 0 atom stereocenters. The number of hydrogen-bond acceptors (Lipinski definition) is 4. The average Bonchev–Trinajstić information content (AvgIpc) is 2.37. The molecule has 8 heteroatoms. The van der Waals surface area contributed by atoms with Crippen LogP contribution in [-0.4, -0.2) is 41.9 Å². The van der Waals surface area contributed by atoms with E-state index in [1.54, 1.807) is 7.11 Å². The molecule has 0 saturated carbocycles. The first kappa shape index (κ1) is 17.5. The van der Waals surface area contributed by atoms with Gasteiger partial charge in [0, 0.05) is 24.7 Å². The predicted octanol–water partition coefficient (Wildman–Crippen LogP) is 1.92. The number of nitrogens with one attached hydrogen (secondary N) is 1. The molecule has 0 fully saturated rings. The second-order valence-corrected chi connectivity index (χ2v) is 6.52. The molecule has 0 aromatic heterocycles. The molecule has 114 valence electrons. The molecule has 1 N–H and O–H groups in total. The first-order chi connectivity index (χ1) is 9.47. The van der Waals surface area contributed by atoms with Crippen molar-refractivity contribution in [2.45, 2.75) is 11.3 Å². The molecule has 1 aromatic carbocycles. The Balaban J connectivity index is 2.42. The summed E-state index contributed by atoms with van der Waals surface area (Å²) >= 11 is 3.04. The first-order valence-corrected chi connectivity index (χ1v) is 8.26. The van der Waals surface area contributed by atoms with Crippen molar-refractivity contribution in [3.05, 3.63) is 28.5 Å². The summed E-state index contributed by atoms with van der Waals surface area (Å²) < 4.78 is 49.5. The smallest absolute Gasteiger partial charge is 0.241 e. The van der Waals surface area contributed by atoms with Crippen LogP contribution in [0, 0.1) is 5.82 Å². The zero-order valence-corrected chi connectivity index (χ0v) is 13.5. The Bertz CT molecular complexity index is 524. The fraction of sp³-hybridized carbons (Fsp3) is 0.500. The molecule has 5 nitrogen and oxygen atoms in total. The first-order valence-electron chi connectivity index (χ1n) is 5.99. The van der Waals surface area contributed by atoms with E-state index in [1.807, 2.05) is 0 Å². The molecule has 0 heterocycles. The van der Waals surface area contributed by atoms with Gasteiger partial charge in [0.2, 0.25) is 10.0 Å². The second kappa shape index (κ2) is 8.68. The van der Waals surface area contributed by atoms with Gasteiger partial charge in [0.15, 0.2) is 0 Å². The summed E-state index contributed by atoms with van der Waals surface area (Å²) in [5.41, 5.74) is 0. The standard InChI is InChI=1S/C12H17BrFNO4S/c1-18-7-8-19-6-2-5-15-20(16,17)12-4-3-10(14)9-11(12)13/h3-4,9,15H,2,5-8H2,1H3. The fourth-order valence-corrected chi connectivity index (χ4v) is 3.52. The SMILES string of the molecule is COCCOCCCNS(=O)(=O)c1ccc(F)cc1Br. The maximum Gasteiger partial charge on any atom is 0.241 e. The minimum atomic E-state index is -3.65. The van der Waals surface area contributed by atoms with Crippen LogP contribution in [0.4, 0.5) is 4.39 Å². The zero-order chi connectivity index (χ0) is 15.0. The number of sulfonamides is 1. The Labute approximate surface area is 126 Å². The topological polar surface area (TPSA) is 64.6 Å². The minimum absolute atomic E-state index is 0.0131. The van der Waals surface area contributed by atoms with Crippen molar-refractivity contribution < 1.29 is 22.3 Å². The van der Waals surface area contributed by atoms with Gasteiger partial charge in [-0.15, -0.1) is 0 Å². The van der Waals surface area contributed by atoms with E-state index in [2.05, 4.69) is 20.7 Å². The lowest BCUT2D eigenvalue weighted by atomic mass is 10.3. The number of halogens is 2. The average molecular weight is 370 g/mol. The largest absolute Gasteiger partial charge is 0.382 e. The number of methoxy groups -OCH3 is 1. The van der Waals surface area contributed by atoms with Gasteiger partial charge >= 0.3 is 0 Å². The molecule has 0 aliphatic heterocycles. The van der Waals surface area contributed by atoms with Crippen LogP contribution in [0.2, 0.25) is 0 Å². The number of rotatable bonds is 9. The zero-order valence-electron chi connectivity index (χ0n) is 11.1. The second-order valence-electron chi connectivity index (χ2n) is 3.93. The van der Waals surface area contributed by atoms with Crippen LogP contribution < -0.4 is 4.72 Å². The Morgan fingerprint density at radius 2 is 2.05 bits per heavy atom. The molecular formula is C12H17BrFNO4S. The molecule has 0 spiro atoms. The number of ether oxygens (including phenoxy) is 2. The van der Waals surface area contributed by atoms with E-state index in [-0.39, 0.29) is 15.9 Å². The lowest BCUT2D eigenvalue weighted by Crippen LogP contribution is -2.26. The summed E-state index contributed by atoms with van der Waals surface area (Å²) in [6.45, 7) is 1.68. The lowest BCUT2D eigenvalue weighted by molar-refractivity contribution is 0.0699. The Kier molecular flexibility index (Phi) is 7.60. The van der Waals surface area contributed by atoms with Gasteiger partial charge in [-0.25, -0.2) is 17.5 Å². The molecule has 0 radical (unpaired) electrons. The molecule has 0 bridgehead atoms. The van der Waals surface area contributed by atoms with Gasteiger partial charge in [-0.3, -0.25) is 0 Å². The van der Waals surface area contributed by atoms with Crippen molar-refractivity contribution in [1.82, 2.24) is 4.72 Å². The summed E-state index contributed by atoms with van der Waals surface area (Å²) in [5, 5.41) is 0. The highest BCUT2D eigenvalue weighted by molar-refractivity contribution is 9.10. The molecule has 0 saturated heterocycles. The van der Waals surface area contributed by atoms with Crippen LogP contribution >= 0.6 is 15.9 Å². The Morgan fingerprint density at radius 1 is 1.30 bits per heavy atom. The van der Waals surface area contributed by atoms with Crippen LogP contribution in [0.1, 0.15) is 6.42 Å². The van der Waals surface area contributed by atoms with Crippen molar-refractivity contribution in [2.24, 2.45) is 0 Å². The van der Waals surface area contributed by atoms with Crippen LogP contribution in [0.5, 0.6) is 0 Å². The highest BCUT2D eigenvalue weighted by atomic mass is 79.9. The van der Waals surface area contributed by atoms with E-state index in [0.717, 1.165) is 12.1 Å². The molecule has 1 rings (SSSR count). The molecule has 20 heavy (non-hydrogen) atoms. The van der Waals surface area contributed by atoms with E-state index in [4.69, 9.17) is 9.47 Å². The van der Waals surface area contributed by atoms with Gasteiger partial charge in [0.05, 0.1) is 18.1 Å². The van der Waals surface area contributed by atoms with Crippen molar-refractivity contribution in [1.29, 1.82) is 0 Å². The van der Waals surface area contributed by atoms with Gasteiger partial charge in [-0.05, 0) is 40.5 Å². The molecule has 1 aromatic rings. The van der Waals surface area contributed by atoms with E-state index in [9.17, 15) is 12.8 Å². The molecule has 0 aliphatic rings. The van der Waals surface area contributed by atoms with Gasteiger partial charge in [-0.2, -0.15) is 0 Å². The summed E-state index contributed by atoms with van der Waals surface area (Å²) in [6, 6.07) is 3.44. The van der Waals surface area contributed by atoms with Gasteiger partial charge < -0.3 is 9.47 Å². The summed E-state index contributed by atoms with van der Waals surface area (Å²) in [4.78, 5) is 0.0131. The normalized spacial score (nSPS) is 11.8.